The molecule has 0 radical (unpaired) electrons. The Morgan fingerprint density at radius 2 is 2.38 bits per heavy atom. The molecule has 0 atom stereocenters. The van der Waals surface area contributed by atoms with Crippen molar-refractivity contribution in [3.63, 3.8) is 0 Å². The Hall–Kier alpha value is -0.120. The average molecular weight is 220 g/mol. The van der Waals surface area contributed by atoms with Crippen LogP contribution in [0.1, 0.15) is 23.5 Å². The fourth-order valence-corrected chi connectivity index (χ4v) is 2.12. The Labute approximate surface area is 87.9 Å². The van der Waals surface area contributed by atoms with Crippen molar-refractivity contribution in [2.45, 2.75) is 25.1 Å². The van der Waals surface area contributed by atoms with Crippen molar-refractivity contribution in [2.24, 2.45) is 0 Å². The van der Waals surface area contributed by atoms with Gasteiger partial charge in [0.1, 0.15) is 0 Å². The van der Waals surface area contributed by atoms with Crippen LogP contribution in [0.5, 0.6) is 0 Å². The van der Waals surface area contributed by atoms with Crippen LogP contribution in [0.2, 0.25) is 0 Å². The smallest absolute Gasteiger partial charge is 0.0928 e. The average Bonchev–Trinajstić information content (AvgIpc) is 2.60. The van der Waals surface area contributed by atoms with E-state index in [4.69, 9.17) is 16.3 Å². The Morgan fingerprint density at radius 3 is 3.00 bits per heavy atom. The molecule has 0 aliphatic rings. The first-order chi connectivity index (χ1) is 6.36. The van der Waals surface area contributed by atoms with Crippen LogP contribution in [0.4, 0.5) is 0 Å². The van der Waals surface area contributed by atoms with E-state index >= 15 is 0 Å². The lowest BCUT2D eigenvalue weighted by Crippen LogP contribution is -1.91. The number of thiazole rings is 1. The van der Waals surface area contributed by atoms with Crippen LogP contribution >= 0.6 is 22.9 Å². The molecule has 0 aliphatic heterocycles. The Balaban J connectivity index is 2.20. The highest BCUT2D eigenvalue weighted by Gasteiger charge is 2.00. The summed E-state index contributed by atoms with van der Waals surface area (Å²) < 4.78 is 4.97. The molecule has 0 amide bonds. The van der Waals surface area contributed by atoms with Gasteiger partial charge >= 0.3 is 0 Å². The van der Waals surface area contributed by atoms with Gasteiger partial charge in [-0.25, -0.2) is 4.98 Å². The van der Waals surface area contributed by atoms with Gasteiger partial charge in [0, 0.05) is 19.1 Å². The van der Waals surface area contributed by atoms with E-state index in [-0.39, 0.29) is 0 Å². The summed E-state index contributed by atoms with van der Waals surface area (Å²) in [7, 11) is 1.73. The molecule has 0 saturated heterocycles. The number of unbranched alkanes of at least 4 members (excludes halogenated alkanes) is 1. The zero-order chi connectivity index (χ0) is 9.52. The molecule has 0 spiro atoms. The lowest BCUT2D eigenvalue weighted by Gasteiger charge is -1.96. The van der Waals surface area contributed by atoms with Crippen LogP contribution < -0.4 is 0 Å². The molecule has 0 fully saturated rings. The number of aromatic nitrogens is 1. The van der Waals surface area contributed by atoms with Crippen molar-refractivity contribution in [1.82, 2.24) is 4.98 Å². The van der Waals surface area contributed by atoms with Crippen LogP contribution in [0.3, 0.4) is 0 Å². The largest absolute Gasteiger partial charge is 0.385 e. The molecular formula is C9H14ClNOS. The molecule has 0 aromatic carbocycles. The maximum absolute atomic E-state index is 5.65. The van der Waals surface area contributed by atoms with E-state index in [1.165, 1.54) is 5.01 Å². The minimum atomic E-state index is 0.522. The van der Waals surface area contributed by atoms with Crippen LogP contribution in [-0.2, 0) is 17.0 Å². The predicted molar refractivity (Wildman–Crippen MR) is 56.5 cm³/mol. The van der Waals surface area contributed by atoms with Crippen LogP contribution in [0.15, 0.2) is 5.38 Å². The molecule has 0 bridgehead atoms. The van der Waals surface area contributed by atoms with E-state index in [9.17, 15) is 0 Å². The molecule has 0 aliphatic carbocycles. The second-order valence-electron chi connectivity index (χ2n) is 2.82. The van der Waals surface area contributed by atoms with E-state index in [1.807, 2.05) is 5.38 Å². The predicted octanol–water partition coefficient (Wildman–Crippen LogP) is 2.85. The minimum Gasteiger partial charge on any atom is -0.385 e. The fourth-order valence-electron chi connectivity index (χ4n) is 1.05. The minimum absolute atomic E-state index is 0.522. The first kappa shape index (κ1) is 11.0. The SMILES string of the molecule is COCCCCc1nc(CCl)cs1. The van der Waals surface area contributed by atoms with Gasteiger partial charge < -0.3 is 4.74 Å². The van der Waals surface area contributed by atoms with Gasteiger partial charge in [0.15, 0.2) is 0 Å². The number of ether oxygens (including phenoxy) is 1. The van der Waals surface area contributed by atoms with E-state index in [0.29, 0.717) is 5.88 Å². The molecule has 1 aromatic heterocycles. The van der Waals surface area contributed by atoms with Crippen molar-refractivity contribution in [3.8, 4) is 0 Å². The first-order valence-corrected chi connectivity index (χ1v) is 5.76. The molecule has 74 valence electrons. The normalized spacial score (nSPS) is 10.6. The van der Waals surface area contributed by atoms with E-state index < -0.39 is 0 Å². The summed E-state index contributed by atoms with van der Waals surface area (Å²) in [6.45, 7) is 0.841. The Bertz CT molecular complexity index is 239. The van der Waals surface area contributed by atoms with Gasteiger partial charge in [-0.3, -0.25) is 0 Å². The number of hydrogen-bond acceptors (Lipinski definition) is 3. The van der Waals surface area contributed by atoms with E-state index in [2.05, 4.69) is 4.98 Å². The van der Waals surface area contributed by atoms with Gasteiger partial charge in [-0.05, 0) is 19.3 Å². The number of hydrogen-bond donors (Lipinski definition) is 0. The Morgan fingerprint density at radius 1 is 1.54 bits per heavy atom. The second kappa shape index (κ2) is 6.35. The van der Waals surface area contributed by atoms with E-state index in [0.717, 1.165) is 31.6 Å². The highest BCUT2D eigenvalue weighted by atomic mass is 35.5. The third-order valence-electron chi connectivity index (χ3n) is 1.73. The fraction of sp³-hybridized carbons (Fsp3) is 0.667. The van der Waals surface area contributed by atoms with Gasteiger partial charge in [-0.1, -0.05) is 0 Å². The van der Waals surface area contributed by atoms with Crippen molar-refractivity contribution >= 4 is 22.9 Å². The van der Waals surface area contributed by atoms with Gasteiger partial charge in [0.05, 0.1) is 16.6 Å². The number of nitrogens with zero attached hydrogens (tertiary/aromatic N) is 1. The van der Waals surface area contributed by atoms with Crippen molar-refractivity contribution < 1.29 is 4.74 Å². The summed E-state index contributed by atoms with van der Waals surface area (Å²) in [5, 5.41) is 3.21. The summed E-state index contributed by atoms with van der Waals surface area (Å²) in [4.78, 5) is 4.37. The number of alkyl halides is 1. The van der Waals surface area contributed by atoms with Gasteiger partial charge in [-0.15, -0.1) is 22.9 Å². The monoisotopic (exact) mass is 219 g/mol. The highest BCUT2D eigenvalue weighted by Crippen LogP contribution is 2.13. The topological polar surface area (TPSA) is 22.1 Å². The summed E-state index contributed by atoms with van der Waals surface area (Å²) >= 11 is 7.34. The third kappa shape index (κ3) is 4.07. The number of methoxy groups -OCH3 is 1. The molecule has 4 heteroatoms. The molecule has 0 N–H and O–H groups in total. The van der Waals surface area contributed by atoms with E-state index in [1.54, 1.807) is 18.4 Å². The summed E-state index contributed by atoms with van der Waals surface area (Å²) in [5.41, 5.74) is 0.994. The van der Waals surface area contributed by atoms with Gasteiger partial charge in [0.2, 0.25) is 0 Å². The second-order valence-corrected chi connectivity index (χ2v) is 4.03. The highest BCUT2D eigenvalue weighted by molar-refractivity contribution is 7.09. The number of halogens is 1. The molecule has 13 heavy (non-hydrogen) atoms. The molecule has 1 rings (SSSR count). The standard InChI is InChI=1S/C9H14ClNOS/c1-12-5-3-2-4-9-11-8(6-10)7-13-9/h7H,2-6H2,1H3. The molecule has 0 saturated carbocycles. The number of aryl methyl sites for hydroxylation is 1. The lowest BCUT2D eigenvalue weighted by atomic mass is 10.2. The van der Waals surface area contributed by atoms with Crippen LogP contribution in [0.25, 0.3) is 0 Å². The van der Waals surface area contributed by atoms with Gasteiger partial charge in [-0.2, -0.15) is 0 Å². The molecule has 2 nitrogen and oxygen atoms in total. The molecule has 0 unspecified atom stereocenters. The lowest BCUT2D eigenvalue weighted by molar-refractivity contribution is 0.193. The first-order valence-electron chi connectivity index (χ1n) is 4.35. The van der Waals surface area contributed by atoms with Crippen molar-refractivity contribution in [2.75, 3.05) is 13.7 Å². The van der Waals surface area contributed by atoms with Crippen LogP contribution in [0, 0.1) is 0 Å². The molecule has 1 heterocycles. The number of rotatable bonds is 6. The molecule has 1 aromatic rings. The Kier molecular flexibility index (Phi) is 5.35. The maximum atomic E-state index is 5.65. The zero-order valence-corrected chi connectivity index (χ0v) is 9.33. The molecular weight excluding hydrogens is 206 g/mol. The maximum Gasteiger partial charge on any atom is 0.0928 e. The van der Waals surface area contributed by atoms with Crippen LogP contribution in [-0.4, -0.2) is 18.7 Å². The van der Waals surface area contributed by atoms with Crippen molar-refractivity contribution in [3.05, 3.63) is 16.1 Å². The van der Waals surface area contributed by atoms with Gasteiger partial charge in [0.25, 0.3) is 0 Å². The third-order valence-corrected chi connectivity index (χ3v) is 2.96. The zero-order valence-electron chi connectivity index (χ0n) is 7.75. The van der Waals surface area contributed by atoms with Crippen molar-refractivity contribution in [1.29, 1.82) is 0 Å². The summed E-state index contributed by atoms with van der Waals surface area (Å²) in [6.07, 6.45) is 3.29. The summed E-state index contributed by atoms with van der Waals surface area (Å²) in [6, 6.07) is 0. The quantitative estimate of drug-likeness (QED) is 0.542. The summed E-state index contributed by atoms with van der Waals surface area (Å²) in [5.74, 6) is 0.522.